The Labute approximate surface area is 101 Å². The average molecular weight is 270 g/mol. The molecule has 0 fully saturated rings. The van der Waals surface area contributed by atoms with Crippen molar-refractivity contribution in [3.63, 3.8) is 0 Å². The molecule has 0 aliphatic rings. The van der Waals surface area contributed by atoms with Crippen LogP contribution in [0.1, 0.15) is 27.2 Å². The number of carbonyl (C=O) groups is 3. The Morgan fingerprint density at radius 2 is 1.67 bits per heavy atom. The van der Waals surface area contributed by atoms with Gasteiger partial charge in [0.05, 0.1) is 5.41 Å². The number of esters is 2. The second kappa shape index (κ2) is 5.47. The summed E-state index contributed by atoms with van der Waals surface area (Å²) in [6.07, 6.45) is -8.71. The third-order valence-corrected chi connectivity index (χ3v) is 2.12. The number of rotatable bonds is 4. The van der Waals surface area contributed by atoms with Gasteiger partial charge in [-0.25, -0.2) is 0 Å². The summed E-state index contributed by atoms with van der Waals surface area (Å²) < 4.78 is 40.9. The Hall–Kier alpha value is -1.44. The van der Waals surface area contributed by atoms with Gasteiger partial charge in [-0.2, -0.15) is 13.2 Å². The number of hydrogen-bond donors (Lipinski definition) is 1. The van der Waals surface area contributed by atoms with Crippen LogP contribution in [0.2, 0.25) is 0 Å². The van der Waals surface area contributed by atoms with Gasteiger partial charge in [0.2, 0.25) is 0 Å². The molecule has 0 aliphatic carbocycles. The molecule has 0 spiro atoms. The fourth-order valence-electron chi connectivity index (χ4n) is 0.995. The lowest BCUT2D eigenvalue weighted by atomic mass is 9.86. The van der Waals surface area contributed by atoms with Crippen molar-refractivity contribution in [1.82, 2.24) is 0 Å². The standard InChI is InChI=1S/C10H13F3O5/c1-5(14)4-6(15)18-8(17)9(2,3)7(16)10(11,12)13/h7,16H,4H2,1-3H3. The first kappa shape index (κ1) is 16.6. The first-order valence-corrected chi connectivity index (χ1v) is 4.88. The van der Waals surface area contributed by atoms with Crippen molar-refractivity contribution in [2.24, 2.45) is 5.41 Å². The maximum atomic E-state index is 12.3. The van der Waals surface area contributed by atoms with Crippen molar-refractivity contribution in [2.75, 3.05) is 0 Å². The molecule has 1 atom stereocenters. The summed E-state index contributed by atoms with van der Waals surface area (Å²) >= 11 is 0. The number of hydrogen-bond acceptors (Lipinski definition) is 5. The molecule has 0 aliphatic heterocycles. The van der Waals surface area contributed by atoms with E-state index < -0.39 is 41.8 Å². The third-order valence-electron chi connectivity index (χ3n) is 2.12. The van der Waals surface area contributed by atoms with Gasteiger partial charge in [-0.15, -0.1) is 0 Å². The summed E-state index contributed by atoms with van der Waals surface area (Å²) in [6, 6.07) is 0. The number of halogens is 3. The molecule has 8 heteroatoms. The molecular weight excluding hydrogens is 257 g/mol. The highest BCUT2D eigenvalue weighted by Crippen LogP contribution is 2.34. The van der Waals surface area contributed by atoms with E-state index in [4.69, 9.17) is 5.11 Å². The summed E-state index contributed by atoms with van der Waals surface area (Å²) in [5, 5.41) is 8.97. The molecule has 104 valence electrons. The molecule has 0 rings (SSSR count). The average Bonchev–Trinajstić information content (AvgIpc) is 2.13. The van der Waals surface area contributed by atoms with Crippen molar-refractivity contribution < 1.29 is 37.4 Å². The first-order valence-electron chi connectivity index (χ1n) is 4.88. The van der Waals surface area contributed by atoms with Crippen LogP contribution in [0.25, 0.3) is 0 Å². The van der Waals surface area contributed by atoms with Gasteiger partial charge in [0.1, 0.15) is 12.2 Å². The van der Waals surface area contributed by atoms with Crippen LogP contribution in [0, 0.1) is 5.41 Å². The Morgan fingerprint density at radius 3 is 2.00 bits per heavy atom. The zero-order valence-corrected chi connectivity index (χ0v) is 10.00. The molecule has 0 saturated heterocycles. The highest BCUT2D eigenvalue weighted by molar-refractivity contribution is 5.99. The predicted molar refractivity (Wildman–Crippen MR) is 52.2 cm³/mol. The minimum absolute atomic E-state index is 0.595. The van der Waals surface area contributed by atoms with Crippen molar-refractivity contribution in [1.29, 1.82) is 0 Å². The second-order valence-corrected chi connectivity index (χ2v) is 4.31. The van der Waals surface area contributed by atoms with E-state index in [1.807, 2.05) is 0 Å². The summed E-state index contributed by atoms with van der Waals surface area (Å²) in [5.41, 5.74) is -2.34. The molecule has 1 unspecified atom stereocenters. The van der Waals surface area contributed by atoms with Gasteiger partial charge in [-0.1, -0.05) is 0 Å². The minimum atomic E-state index is -5.02. The van der Waals surface area contributed by atoms with E-state index >= 15 is 0 Å². The molecule has 18 heavy (non-hydrogen) atoms. The Balaban J connectivity index is 4.77. The van der Waals surface area contributed by atoms with E-state index in [0.717, 1.165) is 20.8 Å². The molecule has 0 aromatic carbocycles. The molecule has 0 heterocycles. The predicted octanol–water partition coefficient (Wildman–Crippen LogP) is 0.985. The zero-order chi connectivity index (χ0) is 14.7. The number of alkyl halides is 3. The highest BCUT2D eigenvalue weighted by Gasteiger charge is 2.53. The van der Waals surface area contributed by atoms with E-state index in [1.165, 1.54) is 0 Å². The van der Waals surface area contributed by atoms with Crippen LogP contribution in [0.15, 0.2) is 0 Å². The van der Waals surface area contributed by atoms with Crippen LogP contribution in [-0.2, 0) is 19.1 Å². The van der Waals surface area contributed by atoms with Gasteiger partial charge in [0, 0.05) is 0 Å². The number of Topliss-reactive ketones (excluding diaryl/α,β-unsaturated/α-hetero) is 1. The van der Waals surface area contributed by atoms with Crippen LogP contribution in [-0.4, -0.2) is 35.1 Å². The van der Waals surface area contributed by atoms with Gasteiger partial charge < -0.3 is 9.84 Å². The van der Waals surface area contributed by atoms with E-state index in [9.17, 15) is 27.6 Å². The molecule has 0 aromatic heterocycles. The molecule has 0 amide bonds. The lowest BCUT2D eigenvalue weighted by Gasteiger charge is -2.28. The van der Waals surface area contributed by atoms with Crippen molar-refractivity contribution >= 4 is 17.7 Å². The number of aliphatic hydroxyl groups excluding tert-OH is 1. The quantitative estimate of drug-likeness (QED) is 0.608. The molecule has 0 radical (unpaired) electrons. The van der Waals surface area contributed by atoms with Crippen LogP contribution < -0.4 is 0 Å². The molecule has 0 bridgehead atoms. The van der Waals surface area contributed by atoms with E-state index in [1.54, 1.807) is 0 Å². The smallest absolute Gasteiger partial charge is 0.392 e. The van der Waals surface area contributed by atoms with Crippen molar-refractivity contribution in [2.45, 2.75) is 39.5 Å². The summed E-state index contributed by atoms with van der Waals surface area (Å²) in [5.74, 6) is -3.39. The van der Waals surface area contributed by atoms with Gasteiger partial charge in [-0.3, -0.25) is 14.4 Å². The maximum Gasteiger partial charge on any atom is 0.415 e. The van der Waals surface area contributed by atoms with Crippen LogP contribution >= 0.6 is 0 Å². The summed E-state index contributed by atoms with van der Waals surface area (Å²) in [7, 11) is 0. The highest BCUT2D eigenvalue weighted by atomic mass is 19.4. The van der Waals surface area contributed by atoms with Gasteiger partial charge in [0.25, 0.3) is 0 Å². The molecular formula is C10H13F3O5. The zero-order valence-electron chi connectivity index (χ0n) is 10.00. The Morgan fingerprint density at radius 1 is 1.22 bits per heavy atom. The van der Waals surface area contributed by atoms with Crippen LogP contribution in [0.4, 0.5) is 13.2 Å². The van der Waals surface area contributed by atoms with Gasteiger partial charge in [0.15, 0.2) is 6.10 Å². The van der Waals surface area contributed by atoms with E-state index in [2.05, 4.69) is 4.74 Å². The summed E-state index contributed by atoms with van der Waals surface area (Å²) in [6.45, 7) is 2.63. The first-order chi connectivity index (χ1) is 7.89. The SMILES string of the molecule is CC(=O)CC(=O)OC(=O)C(C)(C)C(O)C(F)(F)F. The fourth-order valence-corrected chi connectivity index (χ4v) is 0.995. The number of carbonyl (C=O) groups excluding carboxylic acids is 3. The van der Waals surface area contributed by atoms with Crippen LogP contribution in [0.3, 0.4) is 0 Å². The lowest BCUT2D eigenvalue weighted by Crippen LogP contribution is -2.47. The lowest BCUT2D eigenvalue weighted by molar-refractivity contribution is -0.238. The molecule has 1 N–H and O–H groups in total. The molecule has 5 nitrogen and oxygen atoms in total. The molecule has 0 aromatic rings. The van der Waals surface area contributed by atoms with E-state index in [-0.39, 0.29) is 0 Å². The third kappa shape index (κ3) is 4.44. The Kier molecular flexibility index (Phi) is 5.03. The maximum absolute atomic E-state index is 12.3. The molecule has 0 saturated carbocycles. The normalized spacial score (nSPS) is 13.9. The number of ether oxygens (including phenoxy) is 1. The minimum Gasteiger partial charge on any atom is -0.392 e. The van der Waals surface area contributed by atoms with Gasteiger partial charge in [-0.05, 0) is 20.8 Å². The topological polar surface area (TPSA) is 80.7 Å². The van der Waals surface area contributed by atoms with E-state index in [0.29, 0.717) is 0 Å². The number of ketones is 1. The summed E-state index contributed by atoms with van der Waals surface area (Å²) in [4.78, 5) is 32.8. The van der Waals surface area contributed by atoms with Crippen molar-refractivity contribution in [3.05, 3.63) is 0 Å². The van der Waals surface area contributed by atoms with Gasteiger partial charge >= 0.3 is 18.1 Å². The largest absolute Gasteiger partial charge is 0.415 e. The Bertz CT molecular complexity index is 359. The fraction of sp³-hybridized carbons (Fsp3) is 0.700. The number of aliphatic hydroxyl groups is 1. The van der Waals surface area contributed by atoms with Crippen LogP contribution in [0.5, 0.6) is 0 Å². The van der Waals surface area contributed by atoms with Crippen molar-refractivity contribution in [3.8, 4) is 0 Å². The second-order valence-electron chi connectivity index (χ2n) is 4.31. The monoisotopic (exact) mass is 270 g/mol.